The number of ether oxygens (including phenoxy) is 3. The number of nitrogens with two attached hydrogens (primary N) is 1. The van der Waals surface area contributed by atoms with Crippen LogP contribution in [0.3, 0.4) is 0 Å². The standard InChI is InChI=1S/C16H20N2O5/c1-21-9-16(8-14(17)19)5-2-6-18(16)15(20)11-3-4-12-13(7-11)23-10-22-12/h3-4,7H,2,5-6,8-10H2,1H3,(H2,17,19)/t16-/m1/s1. The van der Waals surface area contributed by atoms with Crippen LogP contribution in [0.4, 0.5) is 0 Å². The Balaban J connectivity index is 1.88. The predicted octanol–water partition coefficient (Wildman–Crippen LogP) is 0.912. The monoisotopic (exact) mass is 320 g/mol. The molecule has 1 aromatic carbocycles. The number of fused-ring (bicyclic) bond motifs is 1. The lowest BCUT2D eigenvalue weighted by Crippen LogP contribution is -2.52. The second kappa shape index (κ2) is 6.08. The Hall–Kier alpha value is -2.28. The third kappa shape index (κ3) is 2.84. The molecule has 0 unspecified atom stereocenters. The molecule has 0 aliphatic carbocycles. The van der Waals surface area contributed by atoms with Gasteiger partial charge in [-0.3, -0.25) is 9.59 Å². The lowest BCUT2D eigenvalue weighted by molar-refractivity contribution is -0.121. The van der Waals surface area contributed by atoms with E-state index in [4.69, 9.17) is 19.9 Å². The molecule has 2 heterocycles. The number of benzene rings is 1. The minimum absolute atomic E-state index is 0.0944. The average Bonchev–Trinajstić information content (AvgIpc) is 3.12. The first-order chi connectivity index (χ1) is 11.1. The van der Waals surface area contributed by atoms with Crippen molar-refractivity contribution in [1.29, 1.82) is 0 Å². The summed E-state index contributed by atoms with van der Waals surface area (Å²) in [5.74, 6) is 0.595. The topological polar surface area (TPSA) is 91.1 Å². The summed E-state index contributed by atoms with van der Waals surface area (Å²) in [6, 6.07) is 5.10. The second-order valence-electron chi connectivity index (χ2n) is 5.93. The number of carbonyl (C=O) groups is 2. The summed E-state index contributed by atoms with van der Waals surface area (Å²) in [7, 11) is 1.56. The van der Waals surface area contributed by atoms with Crippen LogP contribution in [-0.4, -0.2) is 49.3 Å². The highest BCUT2D eigenvalue weighted by Gasteiger charge is 2.45. The van der Waals surface area contributed by atoms with Gasteiger partial charge in [0.1, 0.15) is 0 Å². The molecule has 0 bridgehead atoms. The summed E-state index contributed by atoms with van der Waals surface area (Å²) < 4.78 is 15.9. The highest BCUT2D eigenvalue weighted by Crippen LogP contribution is 2.37. The fourth-order valence-corrected chi connectivity index (χ4v) is 3.42. The number of hydrogen-bond donors (Lipinski definition) is 1. The van der Waals surface area contributed by atoms with E-state index in [2.05, 4.69) is 0 Å². The number of hydrogen-bond acceptors (Lipinski definition) is 5. The van der Waals surface area contributed by atoms with Gasteiger partial charge in [-0.15, -0.1) is 0 Å². The van der Waals surface area contributed by atoms with Crippen molar-refractivity contribution in [3.8, 4) is 11.5 Å². The van der Waals surface area contributed by atoms with E-state index >= 15 is 0 Å². The minimum atomic E-state index is -0.673. The molecule has 3 rings (SSSR count). The number of rotatable bonds is 5. The van der Waals surface area contributed by atoms with Crippen molar-refractivity contribution in [3.63, 3.8) is 0 Å². The molecule has 0 saturated carbocycles. The number of likely N-dealkylation sites (tertiary alicyclic amines) is 1. The second-order valence-corrected chi connectivity index (χ2v) is 5.93. The SMILES string of the molecule is COC[C@]1(CC(N)=O)CCCN1C(=O)c1ccc2c(c1)OCO2. The van der Waals surface area contributed by atoms with Gasteiger partial charge in [-0.2, -0.15) is 0 Å². The number of nitrogens with zero attached hydrogens (tertiary/aromatic N) is 1. The summed E-state index contributed by atoms with van der Waals surface area (Å²) >= 11 is 0. The first kappa shape index (κ1) is 15.6. The van der Waals surface area contributed by atoms with E-state index in [1.807, 2.05) is 0 Å². The zero-order valence-electron chi connectivity index (χ0n) is 13.0. The van der Waals surface area contributed by atoms with Gasteiger partial charge in [-0.1, -0.05) is 0 Å². The summed E-state index contributed by atoms with van der Waals surface area (Å²) in [6.45, 7) is 1.02. The zero-order chi connectivity index (χ0) is 16.4. The Labute approximate surface area is 134 Å². The molecule has 2 N–H and O–H groups in total. The van der Waals surface area contributed by atoms with Crippen molar-refractivity contribution < 1.29 is 23.8 Å². The molecule has 0 radical (unpaired) electrons. The molecule has 0 spiro atoms. The van der Waals surface area contributed by atoms with Crippen LogP contribution in [0.15, 0.2) is 18.2 Å². The van der Waals surface area contributed by atoms with E-state index in [0.717, 1.165) is 6.42 Å². The van der Waals surface area contributed by atoms with Gasteiger partial charge in [0.2, 0.25) is 12.7 Å². The molecule has 124 valence electrons. The minimum Gasteiger partial charge on any atom is -0.454 e. The van der Waals surface area contributed by atoms with Gasteiger partial charge in [-0.25, -0.2) is 0 Å². The molecule has 2 amide bonds. The van der Waals surface area contributed by atoms with Crippen molar-refractivity contribution >= 4 is 11.8 Å². The van der Waals surface area contributed by atoms with Gasteiger partial charge in [-0.05, 0) is 31.0 Å². The van der Waals surface area contributed by atoms with Gasteiger partial charge in [0.15, 0.2) is 11.5 Å². The summed E-state index contributed by atoms with van der Waals surface area (Å²) in [4.78, 5) is 26.1. The molecule has 23 heavy (non-hydrogen) atoms. The van der Waals surface area contributed by atoms with E-state index in [1.165, 1.54) is 0 Å². The molecule has 1 atom stereocenters. The van der Waals surface area contributed by atoms with Crippen LogP contribution in [0.1, 0.15) is 29.6 Å². The summed E-state index contributed by atoms with van der Waals surface area (Å²) in [6.07, 6.45) is 1.60. The average molecular weight is 320 g/mol. The smallest absolute Gasteiger partial charge is 0.254 e. The van der Waals surface area contributed by atoms with Gasteiger partial charge >= 0.3 is 0 Å². The molecule has 7 nitrogen and oxygen atoms in total. The van der Waals surface area contributed by atoms with Crippen LogP contribution >= 0.6 is 0 Å². The Morgan fingerprint density at radius 1 is 1.35 bits per heavy atom. The number of carbonyl (C=O) groups excluding carboxylic acids is 2. The van der Waals surface area contributed by atoms with Gasteiger partial charge in [0.05, 0.1) is 18.6 Å². The van der Waals surface area contributed by atoms with Crippen LogP contribution < -0.4 is 15.2 Å². The Morgan fingerprint density at radius 3 is 2.87 bits per heavy atom. The van der Waals surface area contributed by atoms with Crippen molar-refractivity contribution in [3.05, 3.63) is 23.8 Å². The van der Waals surface area contributed by atoms with Crippen molar-refractivity contribution in [2.75, 3.05) is 27.1 Å². The van der Waals surface area contributed by atoms with E-state index in [1.54, 1.807) is 30.2 Å². The first-order valence-corrected chi connectivity index (χ1v) is 7.55. The molecular weight excluding hydrogens is 300 g/mol. The molecular formula is C16H20N2O5. The van der Waals surface area contributed by atoms with E-state index in [0.29, 0.717) is 30.0 Å². The molecule has 2 aliphatic heterocycles. The highest BCUT2D eigenvalue weighted by molar-refractivity contribution is 5.96. The largest absolute Gasteiger partial charge is 0.454 e. The van der Waals surface area contributed by atoms with Crippen molar-refractivity contribution in [2.45, 2.75) is 24.8 Å². The molecule has 1 fully saturated rings. The maximum absolute atomic E-state index is 12.9. The van der Waals surface area contributed by atoms with Crippen LogP contribution in [0, 0.1) is 0 Å². The fraction of sp³-hybridized carbons (Fsp3) is 0.500. The Bertz CT molecular complexity index is 633. The first-order valence-electron chi connectivity index (χ1n) is 7.55. The van der Waals surface area contributed by atoms with Crippen LogP contribution in [-0.2, 0) is 9.53 Å². The van der Waals surface area contributed by atoms with Gasteiger partial charge < -0.3 is 24.8 Å². The summed E-state index contributed by atoms with van der Waals surface area (Å²) in [5, 5.41) is 0. The molecule has 1 aromatic rings. The van der Waals surface area contributed by atoms with Gasteiger partial charge in [0.25, 0.3) is 5.91 Å². The quantitative estimate of drug-likeness (QED) is 0.871. The van der Waals surface area contributed by atoms with E-state index in [9.17, 15) is 9.59 Å². The highest BCUT2D eigenvalue weighted by atomic mass is 16.7. The van der Waals surface area contributed by atoms with E-state index < -0.39 is 11.4 Å². The van der Waals surface area contributed by atoms with Crippen LogP contribution in [0.5, 0.6) is 11.5 Å². The van der Waals surface area contributed by atoms with Crippen LogP contribution in [0.2, 0.25) is 0 Å². The van der Waals surface area contributed by atoms with Crippen LogP contribution in [0.25, 0.3) is 0 Å². The lowest BCUT2D eigenvalue weighted by Gasteiger charge is -2.37. The lowest BCUT2D eigenvalue weighted by atomic mass is 9.92. The number of amides is 2. The molecule has 1 saturated heterocycles. The number of methoxy groups -OCH3 is 1. The summed E-state index contributed by atoms with van der Waals surface area (Å²) in [5.41, 5.74) is 5.22. The van der Waals surface area contributed by atoms with E-state index in [-0.39, 0.29) is 25.7 Å². The number of primary amides is 1. The normalized spacial score (nSPS) is 22.4. The van der Waals surface area contributed by atoms with Crippen molar-refractivity contribution in [2.24, 2.45) is 5.73 Å². The Morgan fingerprint density at radius 2 is 2.13 bits per heavy atom. The van der Waals surface area contributed by atoms with Crippen molar-refractivity contribution in [1.82, 2.24) is 4.90 Å². The Kier molecular flexibility index (Phi) is 4.12. The molecule has 0 aromatic heterocycles. The molecule has 2 aliphatic rings. The zero-order valence-corrected chi connectivity index (χ0v) is 13.0. The predicted molar refractivity (Wildman–Crippen MR) is 81.3 cm³/mol. The third-order valence-electron chi connectivity index (χ3n) is 4.38. The maximum atomic E-state index is 12.9. The maximum Gasteiger partial charge on any atom is 0.254 e. The third-order valence-corrected chi connectivity index (χ3v) is 4.38. The van der Waals surface area contributed by atoms with Gasteiger partial charge in [0, 0.05) is 19.2 Å². The molecule has 7 heteroatoms. The fourth-order valence-electron chi connectivity index (χ4n) is 3.42.